The summed E-state index contributed by atoms with van der Waals surface area (Å²) in [5.74, 6) is -0.551. The van der Waals surface area contributed by atoms with Gasteiger partial charge in [-0.25, -0.2) is 4.98 Å². The Kier molecular flexibility index (Phi) is 6.21. The van der Waals surface area contributed by atoms with E-state index in [1.165, 1.54) is 11.3 Å². The quantitative estimate of drug-likeness (QED) is 0.636. The van der Waals surface area contributed by atoms with Crippen molar-refractivity contribution in [1.82, 2.24) is 10.3 Å². The molecule has 0 saturated carbocycles. The number of aryl methyl sites for hydroxylation is 1. The third-order valence-corrected chi connectivity index (χ3v) is 5.04. The molecule has 0 aliphatic carbocycles. The molecule has 1 aromatic heterocycles. The van der Waals surface area contributed by atoms with E-state index >= 15 is 0 Å². The van der Waals surface area contributed by atoms with Crippen LogP contribution in [0.5, 0.6) is 0 Å². The minimum Gasteiger partial charge on any atom is -0.345 e. The molecule has 0 saturated heterocycles. The smallest absolute Gasteiger partial charge is 0.253 e. The second-order valence-electron chi connectivity index (χ2n) is 5.94. The van der Waals surface area contributed by atoms with Crippen LogP contribution in [0.1, 0.15) is 33.3 Å². The van der Waals surface area contributed by atoms with Gasteiger partial charge < -0.3 is 10.6 Å². The fraction of sp³-hybridized carbons (Fsp3) is 0.150. The van der Waals surface area contributed by atoms with Gasteiger partial charge in [-0.05, 0) is 24.6 Å². The first-order valence-electron chi connectivity index (χ1n) is 8.35. The highest BCUT2D eigenvalue weighted by Gasteiger charge is 2.21. The van der Waals surface area contributed by atoms with Gasteiger partial charge in [-0.15, -0.1) is 11.3 Å². The standard InChI is InChI=1S/C20H18ClN3O2S/c1-13-12-22-20(27-13)24-18(25)11-17(14-7-3-2-4-8-14)23-19(26)15-9-5-6-10-16(15)21/h2-10,12,17H,11H2,1H3,(H,23,26)(H,22,24,25)/t17-/m1/s1. The maximum Gasteiger partial charge on any atom is 0.253 e. The lowest BCUT2D eigenvalue weighted by atomic mass is 10.0. The summed E-state index contributed by atoms with van der Waals surface area (Å²) in [5, 5.41) is 6.60. The molecule has 1 atom stereocenters. The molecule has 1 heterocycles. The van der Waals surface area contributed by atoms with Crippen molar-refractivity contribution in [2.45, 2.75) is 19.4 Å². The lowest BCUT2D eigenvalue weighted by molar-refractivity contribution is -0.116. The van der Waals surface area contributed by atoms with Gasteiger partial charge in [0.05, 0.1) is 23.0 Å². The highest BCUT2D eigenvalue weighted by atomic mass is 35.5. The lowest BCUT2D eigenvalue weighted by Gasteiger charge is -2.19. The maximum absolute atomic E-state index is 12.7. The number of benzene rings is 2. The Bertz CT molecular complexity index is 943. The number of rotatable bonds is 6. The van der Waals surface area contributed by atoms with E-state index < -0.39 is 6.04 Å². The predicted octanol–water partition coefficient (Wildman–Crippen LogP) is 4.60. The highest BCUT2D eigenvalue weighted by molar-refractivity contribution is 7.15. The second kappa shape index (κ2) is 8.79. The number of anilines is 1. The third kappa shape index (κ3) is 5.15. The molecule has 0 radical (unpaired) electrons. The summed E-state index contributed by atoms with van der Waals surface area (Å²) < 4.78 is 0. The molecule has 0 bridgehead atoms. The molecular formula is C20H18ClN3O2S. The third-order valence-electron chi connectivity index (χ3n) is 3.88. The first-order valence-corrected chi connectivity index (χ1v) is 9.55. The Hall–Kier alpha value is -2.70. The zero-order valence-corrected chi connectivity index (χ0v) is 16.2. The van der Waals surface area contributed by atoms with Crippen LogP contribution in [0.3, 0.4) is 0 Å². The van der Waals surface area contributed by atoms with Crippen LogP contribution in [0.4, 0.5) is 5.13 Å². The monoisotopic (exact) mass is 399 g/mol. The van der Waals surface area contributed by atoms with Crippen LogP contribution in [-0.4, -0.2) is 16.8 Å². The minimum absolute atomic E-state index is 0.0822. The molecule has 27 heavy (non-hydrogen) atoms. The van der Waals surface area contributed by atoms with Gasteiger partial charge in [0.2, 0.25) is 5.91 Å². The van der Waals surface area contributed by atoms with Crippen LogP contribution in [0.25, 0.3) is 0 Å². The molecular weight excluding hydrogens is 382 g/mol. The van der Waals surface area contributed by atoms with Crippen LogP contribution in [0.2, 0.25) is 5.02 Å². The molecule has 2 aromatic carbocycles. The van der Waals surface area contributed by atoms with E-state index in [2.05, 4.69) is 15.6 Å². The summed E-state index contributed by atoms with van der Waals surface area (Å²) in [6.07, 6.45) is 1.78. The molecule has 3 aromatic rings. The van der Waals surface area contributed by atoms with Crippen LogP contribution >= 0.6 is 22.9 Å². The molecule has 5 nitrogen and oxygen atoms in total. The van der Waals surface area contributed by atoms with Crippen molar-refractivity contribution in [3.05, 3.63) is 81.8 Å². The fourth-order valence-electron chi connectivity index (χ4n) is 2.59. The van der Waals surface area contributed by atoms with Crippen molar-refractivity contribution in [1.29, 1.82) is 0 Å². The van der Waals surface area contributed by atoms with E-state index in [0.29, 0.717) is 15.7 Å². The van der Waals surface area contributed by atoms with Gasteiger partial charge in [-0.3, -0.25) is 9.59 Å². The average Bonchev–Trinajstić information content (AvgIpc) is 3.06. The molecule has 0 unspecified atom stereocenters. The largest absolute Gasteiger partial charge is 0.345 e. The summed E-state index contributed by atoms with van der Waals surface area (Å²) in [6, 6.07) is 15.7. The maximum atomic E-state index is 12.7. The van der Waals surface area contributed by atoms with Crippen LogP contribution in [0, 0.1) is 6.92 Å². The number of carbonyl (C=O) groups is 2. The molecule has 0 aliphatic rings. The number of amides is 2. The summed E-state index contributed by atoms with van der Waals surface area (Å²) in [5.41, 5.74) is 1.21. The zero-order chi connectivity index (χ0) is 19.2. The van der Waals surface area contributed by atoms with Gasteiger partial charge in [-0.1, -0.05) is 54.1 Å². The Morgan fingerprint density at radius 1 is 1.11 bits per heavy atom. The number of nitrogens with one attached hydrogen (secondary N) is 2. The van der Waals surface area contributed by atoms with Gasteiger partial charge in [-0.2, -0.15) is 0 Å². The van der Waals surface area contributed by atoms with Crippen molar-refractivity contribution >= 4 is 39.9 Å². The molecule has 3 rings (SSSR count). The molecule has 138 valence electrons. The van der Waals surface area contributed by atoms with Gasteiger partial charge in [0.15, 0.2) is 5.13 Å². The molecule has 0 fully saturated rings. The summed E-state index contributed by atoms with van der Waals surface area (Å²) in [7, 11) is 0. The Morgan fingerprint density at radius 3 is 2.48 bits per heavy atom. The first-order chi connectivity index (χ1) is 13.0. The Balaban J connectivity index is 1.76. The SMILES string of the molecule is Cc1cnc(NC(=O)C[C@@H](NC(=O)c2ccccc2Cl)c2ccccc2)s1. The topological polar surface area (TPSA) is 71.1 Å². The molecule has 0 aliphatic heterocycles. The van der Waals surface area contributed by atoms with E-state index in [1.54, 1.807) is 30.5 Å². The molecule has 2 N–H and O–H groups in total. The van der Waals surface area contributed by atoms with Gasteiger partial charge in [0, 0.05) is 11.1 Å². The highest BCUT2D eigenvalue weighted by Crippen LogP contribution is 2.22. The van der Waals surface area contributed by atoms with E-state index in [1.807, 2.05) is 37.3 Å². The number of hydrogen-bond acceptors (Lipinski definition) is 4. The first kappa shape index (κ1) is 19.1. The summed E-state index contributed by atoms with van der Waals surface area (Å²) >= 11 is 7.52. The number of carbonyl (C=O) groups excluding carboxylic acids is 2. The number of hydrogen-bond donors (Lipinski definition) is 2. The Morgan fingerprint density at radius 2 is 1.81 bits per heavy atom. The molecule has 0 spiro atoms. The zero-order valence-electron chi connectivity index (χ0n) is 14.6. The Labute approximate surface area is 166 Å². The minimum atomic E-state index is -0.490. The van der Waals surface area contributed by atoms with Gasteiger partial charge in [0.1, 0.15) is 0 Å². The lowest BCUT2D eigenvalue weighted by Crippen LogP contribution is -2.31. The van der Waals surface area contributed by atoms with E-state index in [0.717, 1.165) is 10.4 Å². The van der Waals surface area contributed by atoms with E-state index in [-0.39, 0.29) is 18.2 Å². The second-order valence-corrected chi connectivity index (χ2v) is 7.59. The number of halogens is 1. The van der Waals surface area contributed by atoms with Crippen LogP contribution in [0.15, 0.2) is 60.8 Å². The van der Waals surface area contributed by atoms with E-state index in [9.17, 15) is 9.59 Å². The summed E-state index contributed by atoms with van der Waals surface area (Å²) in [4.78, 5) is 30.3. The van der Waals surface area contributed by atoms with Crippen molar-refractivity contribution in [3.63, 3.8) is 0 Å². The number of aromatic nitrogens is 1. The predicted molar refractivity (Wildman–Crippen MR) is 108 cm³/mol. The van der Waals surface area contributed by atoms with Crippen molar-refractivity contribution in [3.8, 4) is 0 Å². The van der Waals surface area contributed by atoms with Crippen LogP contribution in [-0.2, 0) is 4.79 Å². The van der Waals surface area contributed by atoms with Gasteiger partial charge in [0.25, 0.3) is 5.91 Å². The molecule has 2 amide bonds. The van der Waals surface area contributed by atoms with E-state index in [4.69, 9.17) is 11.6 Å². The fourth-order valence-corrected chi connectivity index (χ4v) is 3.49. The average molecular weight is 400 g/mol. The number of thiazole rings is 1. The molecule has 7 heteroatoms. The summed E-state index contributed by atoms with van der Waals surface area (Å²) in [6.45, 7) is 1.92. The van der Waals surface area contributed by atoms with Crippen molar-refractivity contribution < 1.29 is 9.59 Å². The normalized spacial score (nSPS) is 11.6. The van der Waals surface area contributed by atoms with Crippen LogP contribution < -0.4 is 10.6 Å². The van der Waals surface area contributed by atoms with Gasteiger partial charge >= 0.3 is 0 Å². The van der Waals surface area contributed by atoms with Crippen molar-refractivity contribution in [2.24, 2.45) is 0 Å². The number of nitrogens with zero attached hydrogens (tertiary/aromatic N) is 1. The van der Waals surface area contributed by atoms with Crippen molar-refractivity contribution in [2.75, 3.05) is 5.32 Å².